The number of ketones is 2. The lowest BCUT2D eigenvalue weighted by molar-refractivity contribution is -0.125. The Balaban J connectivity index is 3.31. The normalized spacial score (nSPS) is 11.3. The second-order valence-electron chi connectivity index (χ2n) is 5.79. The molecule has 112 valence electrons. The van der Waals surface area contributed by atoms with Crippen LogP contribution in [0.25, 0.3) is 0 Å². The molecule has 0 aliphatic rings. The van der Waals surface area contributed by atoms with E-state index in [1.807, 2.05) is 27.7 Å². The molecule has 0 atom stereocenters. The van der Waals surface area contributed by atoms with Gasteiger partial charge < -0.3 is 4.74 Å². The minimum atomic E-state index is 0.127. The maximum atomic E-state index is 11.4. The predicted octanol–water partition coefficient (Wildman–Crippen LogP) is 3.94. The average Bonchev–Trinajstić information content (AvgIpc) is 2.34. The van der Waals surface area contributed by atoms with Gasteiger partial charge in [-0.3, -0.25) is 9.59 Å². The molecule has 0 saturated heterocycles. The Morgan fingerprint density at radius 1 is 0.842 bits per heavy atom. The first-order valence-corrected chi connectivity index (χ1v) is 7.59. The molecule has 0 aromatic carbocycles. The lowest BCUT2D eigenvalue weighted by Crippen LogP contribution is -2.12. The van der Waals surface area contributed by atoms with Gasteiger partial charge in [-0.15, -0.1) is 0 Å². The fraction of sp³-hybridized carbons (Fsp3) is 0.875. The van der Waals surface area contributed by atoms with Gasteiger partial charge in [-0.05, 0) is 26.7 Å². The number of unbranched alkanes of at least 4 members (excludes halogenated alkanes) is 4. The number of Topliss-reactive ketones (excluding diaryl/α,β-unsaturated/α-hetero) is 2. The molecule has 0 bridgehead atoms. The van der Waals surface area contributed by atoms with E-state index in [0.717, 1.165) is 32.1 Å². The van der Waals surface area contributed by atoms with Crippen LogP contribution in [-0.2, 0) is 14.3 Å². The average molecular weight is 270 g/mol. The number of hydrogen-bond donors (Lipinski definition) is 0. The van der Waals surface area contributed by atoms with Crippen molar-refractivity contribution in [3.63, 3.8) is 0 Å². The van der Waals surface area contributed by atoms with Gasteiger partial charge in [0.1, 0.15) is 12.4 Å². The van der Waals surface area contributed by atoms with Gasteiger partial charge in [-0.2, -0.15) is 0 Å². The number of hydrogen-bond acceptors (Lipinski definition) is 3. The van der Waals surface area contributed by atoms with Crippen LogP contribution in [0.2, 0.25) is 0 Å². The predicted molar refractivity (Wildman–Crippen MR) is 78.3 cm³/mol. The lowest BCUT2D eigenvalue weighted by Gasteiger charge is -2.06. The highest BCUT2D eigenvalue weighted by Crippen LogP contribution is 2.10. The van der Waals surface area contributed by atoms with Crippen LogP contribution in [0.1, 0.15) is 72.6 Å². The van der Waals surface area contributed by atoms with Crippen LogP contribution >= 0.6 is 0 Å². The van der Waals surface area contributed by atoms with Gasteiger partial charge in [-0.1, -0.05) is 33.1 Å². The first-order valence-electron chi connectivity index (χ1n) is 7.59. The van der Waals surface area contributed by atoms with Crippen molar-refractivity contribution in [1.29, 1.82) is 0 Å². The van der Waals surface area contributed by atoms with Crippen LogP contribution in [0.15, 0.2) is 0 Å². The summed E-state index contributed by atoms with van der Waals surface area (Å²) >= 11 is 0. The monoisotopic (exact) mass is 270 g/mol. The quantitative estimate of drug-likeness (QED) is 0.505. The smallest absolute Gasteiger partial charge is 0.158 e. The largest absolute Gasteiger partial charge is 0.371 e. The van der Waals surface area contributed by atoms with Gasteiger partial charge in [0.2, 0.25) is 0 Å². The summed E-state index contributed by atoms with van der Waals surface area (Å²) < 4.78 is 5.26. The molecule has 3 heteroatoms. The number of rotatable bonds is 12. The van der Waals surface area contributed by atoms with Crippen LogP contribution in [-0.4, -0.2) is 24.3 Å². The first-order chi connectivity index (χ1) is 8.93. The molecule has 0 aliphatic carbocycles. The molecule has 0 unspecified atom stereocenters. The molecule has 0 aromatic rings. The molecule has 0 spiro atoms. The van der Waals surface area contributed by atoms with Crippen molar-refractivity contribution in [3.8, 4) is 0 Å². The van der Waals surface area contributed by atoms with E-state index in [1.165, 1.54) is 0 Å². The Morgan fingerprint density at radius 3 is 1.89 bits per heavy atom. The molecule has 3 nitrogen and oxygen atoms in total. The van der Waals surface area contributed by atoms with Crippen LogP contribution in [0, 0.1) is 5.92 Å². The molecule has 0 rings (SSSR count). The van der Waals surface area contributed by atoms with Crippen molar-refractivity contribution in [2.75, 3.05) is 6.61 Å². The van der Waals surface area contributed by atoms with Gasteiger partial charge in [0.25, 0.3) is 0 Å². The summed E-state index contributed by atoms with van der Waals surface area (Å²) in [6.07, 6.45) is 6.67. The fourth-order valence-electron chi connectivity index (χ4n) is 1.77. The maximum absolute atomic E-state index is 11.4. The van der Waals surface area contributed by atoms with Crippen LogP contribution in [0.4, 0.5) is 0 Å². The summed E-state index contributed by atoms with van der Waals surface area (Å²) in [5, 5.41) is 0. The molecule has 0 amide bonds. The molecular weight excluding hydrogens is 240 g/mol. The van der Waals surface area contributed by atoms with Crippen molar-refractivity contribution in [2.45, 2.75) is 78.7 Å². The van der Waals surface area contributed by atoms with Gasteiger partial charge in [0.05, 0.1) is 6.10 Å². The fourth-order valence-corrected chi connectivity index (χ4v) is 1.77. The second kappa shape index (κ2) is 11.2. The van der Waals surface area contributed by atoms with Crippen molar-refractivity contribution >= 4 is 11.6 Å². The molecule has 0 saturated carbocycles. The lowest BCUT2D eigenvalue weighted by atomic mass is 10.0. The highest BCUT2D eigenvalue weighted by atomic mass is 16.5. The summed E-state index contributed by atoms with van der Waals surface area (Å²) in [5.74, 6) is 0.725. The van der Waals surface area contributed by atoms with Crippen molar-refractivity contribution in [3.05, 3.63) is 0 Å². The Bertz CT molecular complexity index is 257. The zero-order valence-corrected chi connectivity index (χ0v) is 13.0. The maximum Gasteiger partial charge on any atom is 0.158 e. The summed E-state index contributed by atoms with van der Waals surface area (Å²) in [5.41, 5.74) is 0. The van der Waals surface area contributed by atoms with Gasteiger partial charge >= 0.3 is 0 Å². The van der Waals surface area contributed by atoms with E-state index in [9.17, 15) is 9.59 Å². The van der Waals surface area contributed by atoms with E-state index in [-0.39, 0.29) is 24.4 Å². The molecular formula is C16H30O3. The highest BCUT2D eigenvalue weighted by Gasteiger charge is 2.06. The molecule has 19 heavy (non-hydrogen) atoms. The third-order valence-corrected chi connectivity index (χ3v) is 3.10. The number of carbonyl (C=O) groups is 2. The molecule has 0 aliphatic heterocycles. The standard InChI is InChI=1S/C16H30O3/c1-13(2)16(18)11-9-7-5-6-8-10-15(17)12-19-14(3)4/h13-14H,5-12H2,1-4H3. The van der Waals surface area contributed by atoms with E-state index in [4.69, 9.17) is 4.74 Å². The summed E-state index contributed by atoms with van der Waals surface area (Å²) in [6.45, 7) is 8.03. The van der Waals surface area contributed by atoms with Crippen LogP contribution in [0.3, 0.4) is 0 Å². The van der Waals surface area contributed by atoms with E-state index < -0.39 is 0 Å². The highest BCUT2D eigenvalue weighted by molar-refractivity contribution is 5.80. The van der Waals surface area contributed by atoms with E-state index in [1.54, 1.807) is 0 Å². The van der Waals surface area contributed by atoms with Crippen molar-refractivity contribution < 1.29 is 14.3 Å². The van der Waals surface area contributed by atoms with Crippen LogP contribution < -0.4 is 0 Å². The van der Waals surface area contributed by atoms with Gasteiger partial charge in [-0.25, -0.2) is 0 Å². The zero-order valence-electron chi connectivity index (χ0n) is 13.0. The molecule has 0 N–H and O–H groups in total. The van der Waals surface area contributed by atoms with Crippen molar-refractivity contribution in [2.24, 2.45) is 5.92 Å². The van der Waals surface area contributed by atoms with Gasteiger partial charge in [0.15, 0.2) is 5.78 Å². The molecule has 0 aromatic heterocycles. The van der Waals surface area contributed by atoms with E-state index in [2.05, 4.69) is 0 Å². The van der Waals surface area contributed by atoms with Crippen LogP contribution in [0.5, 0.6) is 0 Å². The minimum Gasteiger partial charge on any atom is -0.371 e. The molecule has 0 heterocycles. The Hall–Kier alpha value is -0.700. The minimum absolute atomic E-state index is 0.127. The first kappa shape index (κ1) is 18.3. The Morgan fingerprint density at radius 2 is 1.37 bits per heavy atom. The van der Waals surface area contributed by atoms with Gasteiger partial charge in [0, 0.05) is 18.8 Å². The second-order valence-corrected chi connectivity index (χ2v) is 5.79. The Kier molecular flexibility index (Phi) is 10.7. The SMILES string of the molecule is CC(C)OCC(=O)CCCCCCCC(=O)C(C)C. The molecule has 0 radical (unpaired) electrons. The zero-order chi connectivity index (χ0) is 14.7. The summed E-state index contributed by atoms with van der Waals surface area (Å²) in [7, 11) is 0. The van der Waals surface area contributed by atoms with E-state index >= 15 is 0 Å². The van der Waals surface area contributed by atoms with E-state index in [0.29, 0.717) is 18.6 Å². The topological polar surface area (TPSA) is 43.4 Å². The third-order valence-electron chi connectivity index (χ3n) is 3.10. The summed E-state index contributed by atoms with van der Waals surface area (Å²) in [4.78, 5) is 22.8. The Labute approximate surface area is 118 Å². The third kappa shape index (κ3) is 12.1. The number of ether oxygens (including phenoxy) is 1. The number of carbonyl (C=O) groups excluding carboxylic acids is 2. The summed E-state index contributed by atoms with van der Waals surface area (Å²) in [6, 6.07) is 0. The van der Waals surface area contributed by atoms with Crippen molar-refractivity contribution in [1.82, 2.24) is 0 Å². The molecule has 0 fully saturated rings.